The van der Waals surface area contributed by atoms with Crippen LogP contribution in [0.25, 0.3) is 5.69 Å². The Morgan fingerprint density at radius 3 is 2.69 bits per heavy atom. The van der Waals surface area contributed by atoms with Gasteiger partial charge in [-0.25, -0.2) is 4.98 Å². The van der Waals surface area contributed by atoms with E-state index >= 15 is 0 Å². The van der Waals surface area contributed by atoms with Crippen molar-refractivity contribution in [1.82, 2.24) is 30.0 Å². The van der Waals surface area contributed by atoms with E-state index in [1.165, 1.54) is 19.2 Å². The first-order chi connectivity index (χ1) is 16.8. The maximum absolute atomic E-state index is 13.8. The third-order valence-corrected chi connectivity index (χ3v) is 6.63. The molecule has 3 aromatic rings. The van der Waals surface area contributed by atoms with Gasteiger partial charge in [0, 0.05) is 18.7 Å². The summed E-state index contributed by atoms with van der Waals surface area (Å²) in [5, 5.41) is 13.5. The average Bonchev–Trinajstić information content (AvgIpc) is 3.54. The second-order valence-corrected chi connectivity index (χ2v) is 8.69. The van der Waals surface area contributed by atoms with E-state index in [0.717, 1.165) is 44.0 Å². The number of anilines is 3. The Morgan fingerprint density at radius 2 is 2.00 bits per heavy atom. The summed E-state index contributed by atoms with van der Waals surface area (Å²) in [5.74, 6) is 0.885. The number of carbonyl (C=O) groups is 1. The number of hydrogen-bond donors (Lipinski definition) is 2. The summed E-state index contributed by atoms with van der Waals surface area (Å²) in [6.45, 7) is 2.07. The van der Waals surface area contributed by atoms with Gasteiger partial charge < -0.3 is 15.5 Å². The summed E-state index contributed by atoms with van der Waals surface area (Å²) in [5.41, 5.74) is -0.598. The van der Waals surface area contributed by atoms with Crippen LogP contribution in [0.2, 0.25) is 0 Å². The number of nitrogens with zero attached hydrogens (tertiary/aromatic N) is 6. The summed E-state index contributed by atoms with van der Waals surface area (Å²) < 4.78 is 43.3. The molecule has 1 aliphatic heterocycles. The van der Waals surface area contributed by atoms with Gasteiger partial charge in [0.1, 0.15) is 12.0 Å². The quantitative estimate of drug-likeness (QED) is 0.552. The molecule has 184 valence electrons. The lowest BCUT2D eigenvalue weighted by Crippen LogP contribution is -2.42. The first-order valence-corrected chi connectivity index (χ1v) is 11.6. The van der Waals surface area contributed by atoms with Crippen LogP contribution in [0.5, 0.6) is 0 Å². The van der Waals surface area contributed by atoms with Gasteiger partial charge in [-0.05, 0) is 37.5 Å². The van der Waals surface area contributed by atoms with Crippen LogP contribution >= 0.6 is 0 Å². The Morgan fingerprint density at radius 1 is 1.23 bits per heavy atom. The average molecular weight is 487 g/mol. The number of amides is 1. The number of rotatable bonds is 5. The molecule has 2 N–H and O–H groups in total. The van der Waals surface area contributed by atoms with Gasteiger partial charge in [-0.2, -0.15) is 18.2 Å². The van der Waals surface area contributed by atoms with Gasteiger partial charge in [0.25, 0.3) is 5.91 Å². The second-order valence-electron chi connectivity index (χ2n) is 8.69. The van der Waals surface area contributed by atoms with Crippen LogP contribution in [-0.4, -0.2) is 43.7 Å². The predicted molar refractivity (Wildman–Crippen MR) is 123 cm³/mol. The van der Waals surface area contributed by atoms with Crippen molar-refractivity contribution in [1.29, 1.82) is 0 Å². The van der Waals surface area contributed by atoms with E-state index in [1.807, 2.05) is 4.57 Å². The Bertz CT molecular complexity index is 1250. The van der Waals surface area contributed by atoms with Crippen LogP contribution in [0.4, 0.5) is 30.6 Å². The first-order valence-electron chi connectivity index (χ1n) is 11.6. The zero-order chi connectivity index (χ0) is 24.7. The number of nitrogens with one attached hydrogen (secondary N) is 2. The van der Waals surface area contributed by atoms with Gasteiger partial charge in [-0.3, -0.25) is 9.36 Å². The van der Waals surface area contributed by atoms with Gasteiger partial charge in [0.05, 0.1) is 23.5 Å². The topological polar surface area (TPSA) is 101 Å². The van der Waals surface area contributed by atoms with Crippen molar-refractivity contribution < 1.29 is 18.0 Å². The highest BCUT2D eigenvalue weighted by atomic mass is 19.4. The third kappa shape index (κ3) is 4.06. The molecule has 1 aromatic carbocycles. The molecule has 0 spiro atoms. The standard InChI is InChI=1S/C23H25F3N8O/c1-3-17-20-32-29-12-33(20)18-11-28-22(31-19(18)34(17)14-6-4-5-7-14)30-16-9-8-13(21(35)27-2)10-15(16)23(24,25)26/h8-12,14,17H,3-7H2,1-2H3,(H,27,35)(H,28,30,31). The van der Waals surface area contributed by atoms with Gasteiger partial charge >= 0.3 is 6.18 Å². The normalized spacial score (nSPS) is 17.7. The number of aromatic nitrogens is 5. The molecule has 0 saturated heterocycles. The van der Waals surface area contributed by atoms with Crippen LogP contribution in [0.15, 0.2) is 30.7 Å². The van der Waals surface area contributed by atoms with Crippen LogP contribution in [0.1, 0.15) is 66.8 Å². The van der Waals surface area contributed by atoms with Crippen molar-refractivity contribution in [2.75, 3.05) is 17.3 Å². The molecule has 0 bridgehead atoms. The minimum Gasteiger partial charge on any atom is -0.355 e. The lowest BCUT2D eigenvalue weighted by molar-refractivity contribution is -0.136. The largest absolute Gasteiger partial charge is 0.418 e. The maximum atomic E-state index is 13.8. The van der Waals surface area contributed by atoms with E-state index in [2.05, 4.69) is 42.6 Å². The number of alkyl halides is 3. The molecule has 3 heterocycles. The summed E-state index contributed by atoms with van der Waals surface area (Å²) in [7, 11) is 1.36. The van der Waals surface area contributed by atoms with E-state index in [0.29, 0.717) is 11.5 Å². The van der Waals surface area contributed by atoms with Crippen molar-refractivity contribution in [3.8, 4) is 5.69 Å². The van der Waals surface area contributed by atoms with E-state index in [1.54, 1.807) is 12.5 Å². The van der Waals surface area contributed by atoms with Gasteiger partial charge in [-0.1, -0.05) is 19.8 Å². The zero-order valence-electron chi connectivity index (χ0n) is 19.3. The van der Waals surface area contributed by atoms with Crippen molar-refractivity contribution in [3.63, 3.8) is 0 Å². The number of benzene rings is 1. The lowest BCUT2D eigenvalue weighted by atomic mass is 10.0. The molecule has 1 atom stereocenters. The Kier molecular flexibility index (Phi) is 5.81. The summed E-state index contributed by atoms with van der Waals surface area (Å²) in [6.07, 6.45) is 3.54. The van der Waals surface area contributed by atoms with E-state index in [-0.39, 0.29) is 29.3 Å². The van der Waals surface area contributed by atoms with Crippen LogP contribution in [0, 0.1) is 0 Å². The molecule has 5 rings (SSSR count). The fraction of sp³-hybridized carbons (Fsp3) is 0.435. The smallest absolute Gasteiger partial charge is 0.355 e. The van der Waals surface area contributed by atoms with Crippen LogP contribution < -0.4 is 15.5 Å². The molecule has 9 nitrogen and oxygen atoms in total. The molecule has 1 fully saturated rings. The Labute approximate surface area is 199 Å². The molecule has 1 aliphatic carbocycles. The molecule has 0 radical (unpaired) electrons. The van der Waals surface area contributed by atoms with Crippen molar-refractivity contribution in [2.45, 2.75) is 57.3 Å². The highest BCUT2D eigenvalue weighted by Crippen LogP contribution is 2.43. The van der Waals surface area contributed by atoms with Crippen molar-refractivity contribution in [2.24, 2.45) is 0 Å². The first kappa shape index (κ1) is 23.1. The molecule has 1 amide bonds. The minimum absolute atomic E-state index is 0.0383. The van der Waals surface area contributed by atoms with Crippen LogP contribution in [0.3, 0.4) is 0 Å². The number of fused-ring (bicyclic) bond motifs is 3. The highest BCUT2D eigenvalue weighted by molar-refractivity contribution is 5.94. The fourth-order valence-electron chi connectivity index (χ4n) is 5.00. The SMILES string of the molecule is CCC1c2nncn2-c2cnc(Nc3ccc(C(=O)NC)cc3C(F)(F)F)nc2N1C1CCCC1. The van der Waals surface area contributed by atoms with Crippen molar-refractivity contribution in [3.05, 3.63) is 47.7 Å². The van der Waals surface area contributed by atoms with Gasteiger partial charge in [0.15, 0.2) is 11.6 Å². The Hall–Kier alpha value is -3.70. The molecular weight excluding hydrogens is 461 g/mol. The molecule has 12 heteroatoms. The molecule has 1 unspecified atom stereocenters. The highest BCUT2D eigenvalue weighted by Gasteiger charge is 2.39. The number of halogens is 3. The zero-order valence-corrected chi connectivity index (χ0v) is 19.3. The summed E-state index contributed by atoms with van der Waals surface area (Å²) in [6, 6.07) is 3.58. The predicted octanol–water partition coefficient (Wildman–Crippen LogP) is 4.39. The second kappa shape index (κ2) is 8.82. The number of carbonyl (C=O) groups excluding carboxylic acids is 1. The third-order valence-electron chi connectivity index (χ3n) is 6.63. The summed E-state index contributed by atoms with van der Waals surface area (Å²) in [4.78, 5) is 23.1. The van der Waals surface area contributed by atoms with E-state index < -0.39 is 17.6 Å². The van der Waals surface area contributed by atoms with Crippen molar-refractivity contribution >= 4 is 23.4 Å². The van der Waals surface area contributed by atoms with Crippen LogP contribution in [-0.2, 0) is 6.18 Å². The molecular formula is C23H25F3N8O. The minimum atomic E-state index is -4.68. The molecule has 2 aliphatic rings. The molecule has 1 saturated carbocycles. The lowest BCUT2D eigenvalue weighted by Gasteiger charge is -2.40. The Balaban J connectivity index is 1.57. The van der Waals surface area contributed by atoms with E-state index in [4.69, 9.17) is 0 Å². The monoisotopic (exact) mass is 486 g/mol. The van der Waals surface area contributed by atoms with E-state index in [9.17, 15) is 18.0 Å². The number of hydrogen-bond acceptors (Lipinski definition) is 7. The molecule has 35 heavy (non-hydrogen) atoms. The fourth-order valence-corrected chi connectivity index (χ4v) is 5.00. The molecule has 2 aromatic heterocycles. The maximum Gasteiger partial charge on any atom is 0.418 e. The summed E-state index contributed by atoms with van der Waals surface area (Å²) >= 11 is 0. The van der Waals surface area contributed by atoms with Gasteiger partial charge in [-0.15, -0.1) is 10.2 Å². The van der Waals surface area contributed by atoms with Gasteiger partial charge in [0.2, 0.25) is 5.95 Å².